The van der Waals surface area contributed by atoms with Crippen LogP contribution in [0.2, 0.25) is 0 Å². The molecule has 2 aromatic heterocycles. The number of aromatic amines is 1. The number of methoxy groups -OCH3 is 1. The van der Waals surface area contributed by atoms with Gasteiger partial charge in [0, 0.05) is 5.56 Å². The number of ether oxygens (including phenoxy) is 1. The molecule has 0 saturated carbocycles. The van der Waals surface area contributed by atoms with Gasteiger partial charge in [0.1, 0.15) is 5.52 Å². The van der Waals surface area contributed by atoms with Gasteiger partial charge in [-0.05, 0) is 30.3 Å². The Morgan fingerprint density at radius 3 is 2.57 bits per heavy atom. The van der Waals surface area contributed by atoms with Crippen molar-refractivity contribution in [1.82, 2.24) is 19.5 Å². The van der Waals surface area contributed by atoms with E-state index in [1.807, 2.05) is 6.07 Å². The number of nitrogens with two attached hydrogens (primary N) is 1. The van der Waals surface area contributed by atoms with Gasteiger partial charge >= 0.3 is 5.69 Å². The minimum Gasteiger partial charge on any atom is -0.504 e. The number of nitrogens with one attached hydrogen (secondary N) is 1. The standard InChI is InChI=1S/C19H15N5O4/c1-28-13-8-7-10(9-12(13)25)17-21-14(16(20)26)15-18(23-17)24(19(27)22-15)11-5-3-2-4-6-11/h2-9,25H,1H3,(H2,20,26)(H,22,27). The number of hydrogen-bond acceptors (Lipinski definition) is 6. The number of H-pyrrole nitrogens is 1. The van der Waals surface area contributed by atoms with E-state index in [4.69, 9.17) is 10.5 Å². The van der Waals surface area contributed by atoms with Crippen LogP contribution in [0.15, 0.2) is 53.3 Å². The maximum Gasteiger partial charge on any atom is 0.332 e. The van der Waals surface area contributed by atoms with Gasteiger partial charge in [-0.2, -0.15) is 0 Å². The van der Waals surface area contributed by atoms with Crippen molar-refractivity contribution in [2.24, 2.45) is 5.73 Å². The number of fused-ring (bicyclic) bond motifs is 1. The average molecular weight is 377 g/mol. The largest absolute Gasteiger partial charge is 0.504 e. The molecular weight excluding hydrogens is 362 g/mol. The highest BCUT2D eigenvalue weighted by atomic mass is 16.5. The first kappa shape index (κ1) is 17.3. The number of aromatic hydroxyl groups is 1. The van der Waals surface area contributed by atoms with E-state index in [2.05, 4.69) is 15.0 Å². The summed E-state index contributed by atoms with van der Waals surface area (Å²) in [6, 6.07) is 13.4. The number of aromatic nitrogens is 4. The zero-order valence-corrected chi connectivity index (χ0v) is 14.7. The van der Waals surface area contributed by atoms with Gasteiger partial charge in [0.2, 0.25) is 0 Å². The molecule has 0 saturated heterocycles. The van der Waals surface area contributed by atoms with Gasteiger partial charge in [-0.1, -0.05) is 18.2 Å². The highest BCUT2D eigenvalue weighted by Gasteiger charge is 2.20. The van der Waals surface area contributed by atoms with Crippen molar-refractivity contribution in [3.05, 3.63) is 64.7 Å². The number of carbonyl (C=O) groups excluding carboxylic acids is 1. The molecule has 0 fully saturated rings. The van der Waals surface area contributed by atoms with Gasteiger partial charge in [-0.15, -0.1) is 0 Å². The lowest BCUT2D eigenvalue weighted by molar-refractivity contribution is 0.0997. The summed E-state index contributed by atoms with van der Waals surface area (Å²) in [7, 11) is 1.43. The fourth-order valence-corrected chi connectivity index (χ4v) is 2.94. The Balaban J connectivity index is 2.03. The Hall–Kier alpha value is -4.14. The fraction of sp³-hybridized carbons (Fsp3) is 0.0526. The van der Waals surface area contributed by atoms with E-state index < -0.39 is 11.6 Å². The third-order valence-corrected chi connectivity index (χ3v) is 4.22. The molecule has 2 heterocycles. The number of primary amides is 1. The van der Waals surface area contributed by atoms with Crippen LogP contribution in [-0.2, 0) is 0 Å². The summed E-state index contributed by atoms with van der Waals surface area (Å²) < 4.78 is 6.36. The van der Waals surface area contributed by atoms with E-state index in [0.29, 0.717) is 11.3 Å². The van der Waals surface area contributed by atoms with Crippen LogP contribution >= 0.6 is 0 Å². The quantitative estimate of drug-likeness (QED) is 0.494. The van der Waals surface area contributed by atoms with Gasteiger partial charge in [0.25, 0.3) is 5.91 Å². The molecule has 140 valence electrons. The number of nitrogens with zero attached hydrogens (tertiary/aromatic N) is 3. The molecule has 0 aliphatic rings. The van der Waals surface area contributed by atoms with Crippen molar-refractivity contribution < 1.29 is 14.6 Å². The zero-order chi connectivity index (χ0) is 19.8. The molecule has 0 radical (unpaired) electrons. The monoisotopic (exact) mass is 377 g/mol. The number of hydrogen-bond donors (Lipinski definition) is 3. The van der Waals surface area contributed by atoms with Crippen LogP contribution in [0.25, 0.3) is 28.2 Å². The number of imidazole rings is 1. The minimum absolute atomic E-state index is 0.112. The number of rotatable bonds is 4. The number of phenols is 1. The number of phenolic OH excluding ortho intramolecular Hbond substituents is 1. The van der Waals surface area contributed by atoms with E-state index in [9.17, 15) is 14.7 Å². The van der Waals surface area contributed by atoms with Crippen molar-refractivity contribution in [3.63, 3.8) is 0 Å². The Morgan fingerprint density at radius 1 is 1.18 bits per heavy atom. The maximum absolute atomic E-state index is 12.5. The molecule has 0 atom stereocenters. The van der Waals surface area contributed by atoms with E-state index in [1.165, 1.54) is 17.7 Å². The Labute approximate surface area is 158 Å². The van der Waals surface area contributed by atoms with Crippen molar-refractivity contribution >= 4 is 17.1 Å². The second-order valence-electron chi connectivity index (χ2n) is 5.95. The molecule has 0 bridgehead atoms. The molecule has 0 aliphatic heterocycles. The summed E-state index contributed by atoms with van der Waals surface area (Å²) in [4.78, 5) is 35.7. The van der Waals surface area contributed by atoms with Crippen molar-refractivity contribution in [2.45, 2.75) is 0 Å². The van der Waals surface area contributed by atoms with Crippen LogP contribution in [0.5, 0.6) is 11.5 Å². The van der Waals surface area contributed by atoms with Gasteiger partial charge in [0.05, 0.1) is 12.8 Å². The van der Waals surface area contributed by atoms with E-state index in [1.54, 1.807) is 36.4 Å². The average Bonchev–Trinajstić information content (AvgIpc) is 3.03. The minimum atomic E-state index is -0.812. The van der Waals surface area contributed by atoms with Crippen molar-refractivity contribution in [1.29, 1.82) is 0 Å². The normalized spacial score (nSPS) is 10.9. The lowest BCUT2D eigenvalue weighted by Crippen LogP contribution is -2.15. The Bertz CT molecular complexity index is 1260. The van der Waals surface area contributed by atoms with E-state index in [-0.39, 0.29) is 34.2 Å². The molecule has 4 rings (SSSR count). The zero-order valence-electron chi connectivity index (χ0n) is 14.7. The van der Waals surface area contributed by atoms with Gasteiger partial charge < -0.3 is 20.6 Å². The number of para-hydroxylation sites is 1. The SMILES string of the molecule is COc1ccc(-c2nc(C(N)=O)c3[nH]c(=O)n(-c4ccccc4)c3n2)cc1O. The third kappa shape index (κ3) is 2.75. The van der Waals surface area contributed by atoms with Gasteiger partial charge in [-0.25, -0.2) is 19.3 Å². The number of amides is 1. The lowest BCUT2D eigenvalue weighted by atomic mass is 10.2. The first-order valence-electron chi connectivity index (χ1n) is 8.25. The Morgan fingerprint density at radius 2 is 1.93 bits per heavy atom. The van der Waals surface area contributed by atoms with Crippen LogP contribution in [0.3, 0.4) is 0 Å². The van der Waals surface area contributed by atoms with Gasteiger partial charge in [0.15, 0.2) is 28.7 Å². The maximum atomic E-state index is 12.5. The predicted octanol–water partition coefficient (Wildman–Crippen LogP) is 1.59. The second kappa shape index (κ2) is 6.54. The van der Waals surface area contributed by atoms with E-state index >= 15 is 0 Å². The third-order valence-electron chi connectivity index (χ3n) is 4.22. The highest BCUT2D eigenvalue weighted by molar-refractivity contribution is 6.02. The molecule has 4 N–H and O–H groups in total. The molecule has 9 heteroatoms. The molecule has 28 heavy (non-hydrogen) atoms. The molecule has 2 aromatic carbocycles. The predicted molar refractivity (Wildman–Crippen MR) is 102 cm³/mol. The topological polar surface area (TPSA) is 136 Å². The second-order valence-corrected chi connectivity index (χ2v) is 5.95. The van der Waals surface area contributed by atoms with Gasteiger partial charge in [-0.3, -0.25) is 4.79 Å². The summed E-state index contributed by atoms with van der Waals surface area (Å²) in [5.41, 5.74) is 6.20. The smallest absolute Gasteiger partial charge is 0.332 e. The molecular formula is C19H15N5O4. The van der Waals surface area contributed by atoms with Crippen LogP contribution in [-0.4, -0.2) is 37.6 Å². The lowest BCUT2D eigenvalue weighted by Gasteiger charge is -2.08. The summed E-state index contributed by atoms with van der Waals surface area (Å²) in [6.45, 7) is 0. The highest BCUT2D eigenvalue weighted by Crippen LogP contribution is 2.31. The molecule has 1 amide bonds. The summed E-state index contributed by atoms with van der Waals surface area (Å²) >= 11 is 0. The van der Waals surface area contributed by atoms with Crippen LogP contribution in [0.4, 0.5) is 0 Å². The van der Waals surface area contributed by atoms with Crippen LogP contribution < -0.4 is 16.2 Å². The van der Waals surface area contributed by atoms with Crippen LogP contribution in [0.1, 0.15) is 10.5 Å². The van der Waals surface area contributed by atoms with Crippen LogP contribution in [0, 0.1) is 0 Å². The number of carbonyl (C=O) groups is 1. The molecule has 4 aromatic rings. The molecule has 9 nitrogen and oxygen atoms in total. The summed E-state index contributed by atoms with van der Waals surface area (Å²) in [6.07, 6.45) is 0. The molecule has 0 spiro atoms. The number of benzene rings is 2. The van der Waals surface area contributed by atoms with Crippen molar-refractivity contribution in [2.75, 3.05) is 7.11 Å². The molecule has 0 unspecified atom stereocenters. The first-order chi connectivity index (χ1) is 13.5. The fourth-order valence-electron chi connectivity index (χ4n) is 2.94. The molecule has 0 aliphatic carbocycles. The first-order valence-corrected chi connectivity index (χ1v) is 8.25. The van der Waals surface area contributed by atoms with E-state index in [0.717, 1.165) is 0 Å². The van der Waals surface area contributed by atoms with Crippen molar-refractivity contribution in [3.8, 4) is 28.6 Å². The summed E-state index contributed by atoms with van der Waals surface area (Å²) in [5, 5.41) is 10.0. The summed E-state index contributed by atoms with van der Waals surface area (Å²) in [5.74, 6) is -0.516. The Kier molecular flexibility index (Phi) is 4.04.